The highest BCUT2D eigenvalue weighted by Gasteiger charge is 2.40. The quantitative estimate of drug-likeness (QED) is 0.685. The van der Waals surface area contributed by atoms with Crippen molar-refractivity contribution in [3.63, 3.8) is 0 Å². The molecule has 0 spiro atoms. The van der Waals surface area contributed by atoms with E-state index in [1.54, 1.807) is 0 Å². The van der Waals surface area contributed by atoms with E-state index >= 15 is 0 Å². The van der Waals surface area contributed by atoms with Crippen LogP contribution in [0, 0.1) is 5.41 Å². The first kappa shape index (κ1) is 15.0. The minimum absolute atomic E-state index is 0.0288. The van der Waals surface area contributed by atoms with Crippen LogP contribution in [0.25, 0.3) is 0 Å². The molecule has 2 amide bonds. The molecule has 0 saturated carbocycles. The van der Waals surface area contributed by atoms with Crippen LogP contribution in [0.15, 0.2) is 17.5 Å². The Morgan fingerprint density at radius 1 is 1.50 bits per heavy atom. The number of thiophene rings is 1. The van der Waals surface area contributed by atoms with E-state index in [0.717, 1.165) is 11.3 Å². The molecule has 2 rings (SSSR count). The third-order valence-corrected chi connectivity index (χ3v) is 4.36. The van der Waals surface area contributed by atoms with Crippen molar-refractivity contribution < 1.29 is 9.59 Å². The van der Waals surface area contributed by atoms with Crippen LogP contribution < -0.4 is 16.0 Å². The Bertz CT molecular complexity index is 471. The predicted octanol–water partition coefficient (Wildman–Crippen LogP) is 0.982. The van der Waals surface area contributed by atoms with Crippen LogP contribution in [0.3, 0.4) is 0 Å². The van der Waals surface area contributed by atoms with Crippen LogP contribution in [-0.2, 0) is 4.79 Å². The van der Waals surface area contributed by atoms with E-state index < -0.39 is 0 Å². The maximum absolute atomic E-state index is 11.7. The summed E-state index contributed by atoms with van der Waals surface area (Å²) in [6.45, 7) is 6.17. The molecular formula is C14H21N3O2S. The summed E-state index contributed by atoms with van der Waals surface area (Å²) in [5.74, 6) is 0.0385. The maximum atomic E-state index is 11.7. The van der Waals surface area contributed by atoms with Gasteiger partial charge < -0.3 is 16.0 Å². The monoisotopic (exact) mass is 295 g/mol. The van der Waals surface area contributed by atoms with Gasteiger partial charge >= 0.3 is 0 Å². The first-order chi connectivity index (χ1) is 9.50. The fourth-order valence-electron chi connectivity index (χ4n) is 2.27. The van der Waals surface area contributed by atoms with Crippen LogP contribution in [0.2, 0.25) is 0 Å². The van der Waals surface area contributed by atoms with Crippen LogP contribution >= 0.6 is 11.3 Å². The van der Waals surface area contributed by atoms with Crippen LogP contribution in [0.5, 0.6) is 0 Å². The molecular weight excluding hydrogens is 274 g/mol. The van der Waals surface area contributed by atoms with Gasteiger partial charge in [-0.3, -0.25) is 9.59 Å². The zero-order valence-electron chi connectivity index (χ0n) is 11.9. The van der Waals surface area contributed by atoms with E-state index in [1.807, 2.05) is 17.5 Å². The average Bonchev–Trinajstić information content (AvgIpc) is 3.00. The van der Waals surface area contributed by atoms with Crippen molar-refractivity contribution >= 4 is 23.2 Å². The highest BCUT2D eigenvalue weighted by molar-refractivity contribution is 7.12. The molecule has 0 aromatic carbocycles. The second kappa shape index (κ2) is 6.37. The topological polar surface area (TPSA) is 70.2 Å². The van der Waals surface area contributed by atoms with Gasteiger partial charge in [-0.2, -0.15) is 0 Å². The first-order valence-corrected chi connectivity index (χ1v) is 7.71. The lowest BCUT2D eigenvalue weighted by atomic mass is 9.87. The molecule has 1 fully saturated rings. The summed E-state index contributed by atoms with van der Waals surface area (Å²) in [4.78, 5) is 24.1. The lowest BCUT2D eigenvalue weighted by molar-refractivity contribution is -0.121. The van der Waals surface area contributed by atoms with E-state index in [-0.39, 0.29) is 23.3 Å². The molecule has 5 nitrogen and oxygen atoms in total. The number of hydrogen-bond acceptors (Lipinski definition) is 4. The normalized spacial score (nSPS) is 20.7. The highest BCUT2D eigenvalue weighted by Crippen LogP contribution is 2.24. The molecule has 1 saturated heterocycles. The van der Waals surface area contributed by atoms with Gasteiger partial charge in [0.15, 0.2) is 0 Å². The number of hydrogen-bond donors (Lipinski definition) is 3. The molecule has 2 heterocycles. The van der Waals surface area contributed by atoms with E-state index in [9.17, 15) is 9.59 Å². The Morgan fingerprint density at radius 3 is 2.90 bits per heavy atom. The van der Waals surface area contributed by atoms with E-state index in [1.165, 1.54) is 11.3 Å². The van der Waals surface area contributed by atoms with E-state index in [0.29, 0.717) is 19.6 Å². The molecule has 3 N–H and O–H groups in total. The molecule has 1 unspecified atom stereocenters. The van der Waals surface area contributed by atoms with E-state index in [2.05, 4.69) is 29.8 Å². The molecule has 20 heavy (non-hydrogen) atoms. The molecule has 0 bridgehead atoms. The van der Waals surface area contributed by atoms with Crippen molar-refractivity contribution in [2.75, 3.05) is 19.6 Å². The van der Waals surface area contributed by atoms with Crippen molar-refractivity contribution in [2.45, 2.75) is 26.3 Å². The van der Waals surface area contributed by atoms with Crippen molar-refractivity contribution in [1.29, 1.82) is 0 Å². The lowest BCUT2D eigenvalue weighted by Crippen LogP contribution is -2.44. The fourth-order valence-corrected chi connectivity index (χ4v) is 2.91. The van der Waals surface area contributed by atoms with Crippen LogP contribution in [0.1, 0.15) is 29.9 Å². The second-order valence-electron chi connectivity index (χ2n) is 5.68. The summed E-state index contributed by atoms with van der Waals surface area (Å²) in [5, 5.41) is 10.9. The summed E-state index contributed by atoms with van der Waals surface area (Å²) in [5.41, 5.74) is -0.0582. The number of carbonyl (C=O) groups is 2. The standard InChI is InChI=1S/C14H21N3O2S/c1-14(2)9-17-13(19)11(14)15-6-4-7-16-12(18)10-5-3-8-20-10/h3,5,8,11,15H,4,6-7,9H2,1-2H3,(H,16,18)(H,17,19). The summed E-state index contributed by atoms with van der Waals surface area (Å²) in [6.07, 6.45) is 0.803. The molecule has 0 radical (unpaired) electrons. The van der Waals surface area contributed by atoms with Gasteiger partial charge in [0.25, 0.3) is 5.91 Å². The predicted molar refractivity (Wildman–Crippen MR) is 79.9 cm³/mol. The van der Waals surface area contributed by atoms with Crippen LogP contribution in [-0.4, -0.2) is 37.5 Å². The molecule has 0 aliphatic carbocycles. The number of nitrogens with one attached hydrogen (secondary N) is 3. The molecule has 1 aromatic rings. The Balaban J connectivity index is 1.65. The number of amides is 2. The summed E-state index contributed by atoms with van der Waals surface area (Å²) >= 11 is 1.43. The average molecular weight is 295 g/mol. The zero-order valence-corrected chi connectivity index (χ0v) is 12.7. The lowest BCUT2D eigenvalue weighted by Gasteiger charge is -2.24. The van der Waals surface area contributed by atoms with Crippen molar-refractivity contribution in [1.82, 2.24) is 16.0 Å². The van der Waals surface area contributed by atoms with Crippen molar-refractivity contribution in [3.05, 3.63) is 22.4 Å². The van der Waals surface area contributed by atoms with Crippen molar-refractivity contribution in [3.8, 4) is 0 Å². The number of rotatable bonds is 6. The highest BCUT2D eigenvalue weighted by atomic mass is 32.1. The van der Waals surface area contributed by atoms with Gasteiger partial charge in [0.2, 0.25) is 5.91 Å². The smallest absolute Gasteiger partial charge is 0.261 e. The maximum Gasteiger partial charge on any atom is 0.261 e. The molecule has 1 aliphatic rings. The number of carbonyl (C=O) groups excluding carboxylic acids is 2. The first-order valence-electron chi connectivity index (χ1n) is 6.83. The second-order valence-corrected chi connectivity index (χ2v) is 6.63. The van der Waals surface area contributed by atoms with Gasteiger partial charge in [-0.25, -0.2) is 0 Å². The molecule has 1 aliphatic heterocycles. The molecule has 6 heteroatoms. The SMILES string of the molecule is CC1(C)CNC(=O)C1NCCCNC(=O)c1cccs1. The van der Waals surface area contributed by atoms with Gasteiger partial charge in [0.05, 0.1) is 10.9 Å². The third-order valence-electron chi connectivity index (χ3n) is 3.49. The minimum atomic E-state index is -0.143. The molecule has 110 valence electrons. The van der Waals surface area contributed by atoms with Crippen LogP contribution in [0.4, 0.5) is 0 Å². The van der Waals surface area contributed by atoms with Gasteiger partial charge in [0.1, 0.15) is 0 Å². The molecule has 1 atom stereocenters. The molecule has 1 aromatic heterocycles. The van der Waals surface area contributed by atoms with Gasteiger partial charge in [0, 0.05) is 18.5 Å². The van der Waals surface area contributed by atoms with Crippen molar-refractivity contribution in [2.24, 2.45) is 5.41 Å². The Morgan fingerprint density at radius 2 is 2.30 bits per heavy atom. The minimum Gasteiger partial charge on any atom is -0.354 e. The third kappa shape index (κ3) is 3.58. The van der Waals surface area contributed by atoms with E-state index in [4.69, 9.17) is 0 Å². The Labute approximate surface area is 123 Å². The van der Waals surface area contributed by atoms with Gasteiger partial charge in [-0.1, -0.05) is 19.9 Å². The zero-order chi connectivity index (χ0) is 14.6. The summed E-state index contributed by atoms with van der Waals surface area (Å²) < 4.78 is 0. The van der Waals surface area contributed by atoms with Gasteiger partial charge in [-0.05, 0) is 24.4 Å². The Kier molecular flexibility index (Phi) is 4.77. The Hall–Kier alpha value is -1.40. The largest absolute Gasteiger partial charge is 0.354 e. The summed E-state index contributed by atoms with van der Waals surface area (Å²) in [6, 6.07) is 3.53. The summed E-state index contributed by atoms with van der Waals surface area (Å²) in [7, 11) is 0. The fraction of sp³-hybridized carbons (Fsp3) is 0.571. The van der Waals surface area contributed by atoms with Gasteiger partial charge in [-0.15, -0.1) is 11.3 Å².